The first-order valence-electron chi connectivity index (χ1n) is 12.1. The van der Waals surface area contributed by atoms with Crippen LogP contribution in [0.3, 0.4) is 0 Å². The Labute approximate surface area is 240 Å². The second kappa shape index (κ2) is 11.9. The number of nitrogens with one attached hydrogen (secondary N) is 1. The number of carbonyl (C=O) groups excluding carboxylic acids is 1. The van der Waals surface area contributed by atoms with Crippen molar-refractivity contribution in [3.8, 4) is 0 Å². The van der Waals surface area contributed by atoms with Crippen LogP contribution >= 0.6 is 22.9 Å². The SMILES string of the molecule is CC(C)(C)OC(=O)N(CC(=O)O)c1cccc(C(Cc2cc3ccc(Cl)cc3s2)NS(=O)(=O)c2cccnc2)n1. The van der Waals surface area contributed by atoms with E-state index >= 15 is 0 Å². The van der Waals surface area contributed by atoms with Crippen LogP contribution in [0.1, 0.15) is 37.4 Å². The number of thiophene rings is 1. The van der Waals surface area contributed by atoms with Gasteiger partial charge in [-0.3, -0.25) is 14.7 Å². The number of carboxylic acid groups (broad SMARTS) is 1. The van der Waals surface area contributed by atoms with Gasteiger partial charge in [-0.2, -0.15) is 0 Å². The number of pyridine rings is 2. The quantitative estimate of drug-likeness (QED) is 0.258. The molecule has 3 heterocycles. The molecule has 4 rings (SSSR count). The lowest BCUT2D eigenvalue weighted by Gasteiger charge is -2.26. The number of benzene rings is 1. The van der Waals surface area contributed by atoms with Crippen LogP contribution < -0.4 is 9.62 Å². The first kappa shape index (κ1) is 29.4. The highest BCUT2D eigenvalue weighted by atomic mass is 35.5. The molecule has 0 aliphatic rings. The van der Waals surface area contributed by atoms with E-state index in [9.17, 15) is 23.1 Å². The Morgan fingerprint density at radius 1 is 1.15 bits per heavy atom. The molecular weight excluding hydrogens is 576 g/mol. The number of anilines is 1. The predicted octanol–water partition coefficient (Wildman–Crippen LogP) is 5.43. The van der Waals surface area contributed by atoms with Crippen molar-refractivity contribution in [1.29, 1.82) is 0 Å². The van der Waals surface area contributed by atoms with E-state index in [2.05, 4.69) is 14.7 Å². The summed E-state index contributed by atoms with van der Waals surface area (Å²) in [4.78, 5) is 34.6. The summed E-state index contributed by atoms with van der Waals surface area (Å²) in [6.45, 7) is 4.29. The van der Waals surface area contributed by atoms with Gasteiger partial charge in [0.1, 0.15) is 22.9 Å². The molecule has 1 unspecified atom stereocenters. The number of hydrogen-bond acceptors (Lipinski definition) is 8. The molecule has 0 radical (unpaired) electrons. The summed E-state index contributed by atoms with van der Waals surface area (Å²) in [5.41, 5.74) is -0.600. The highest BCUT2D eigenvalue weighted by Crippen LogP contribution is 2.32. The normalized spacial score (nSPS) is 12.7. The Morgan fingerprint density at radius 3 is 2.60 bits per heavy atom. The lowest BCUT2D eigenvalue weighted by molar-refractivity contribution is -0.135. The molecule has 1 aromatic carbocycles. The van der Waals surface area contributed by atoms with Gasteiger partial charge in [-0.05, 0) is 68.6 Å². The molecule has 0 bridgehead atoms. The van der Waals surface area contributed by atoms with E-state index in [0.717, 1.165) is 19.9 Å². The number of hydrogen-bond donors (Lipinski definition) is 2. The number of fused-ring (bicyclic) bond motifs is 1. The van der Waals surface area contributed by atoms with E-state index in [4.69, 9.17) is 16.3 Å². The summed E-state index contributed by atoms with van der Waals surface area (Å²) in [7, 11) is -4.03. The topological polar surface area (TPSA) is 139 Å². The standard InChI is InChI=1S/C27H27ClN4O6S2/c1-27(2,3)38-26(35)32(16-25(33)34)24-8-4-7-21(30-24)22(31-40(36,37)20-6-5-11-29-15-20)14-19-12-17-9-10-18(28)13-23(17)39-19/h4-13,15,22,31H,14,16H2,1-3H3,(H,33,34). The Kier molecular flexibility index (Phi) is 8.74. The van der Waals surface area contributed by atoms with Crippen molar-refractivity contribution in [2.45, 2.75) is 43.7 Å². The van der Waals surface area contributed by atoms with Gasteiger partial charge in [-0.25, -0.2) is 22.9 Å². The van der Waals surface area contributed by atoms with Gasteiger partial charge < -0.3 is 9.84 Å². The molecule has 0 aliphatic heterocycles. The molecule has 0 saturated heterocycles. The molecule has 10 nitrogen and oxygen atoms in total. The third-order valence-electron chi connectivity index (χ3n) is 5.48. The molecule has 4 aromatic rings. The zero-order valence-electron chi connectivity index (χ0n) is 21.9. The van der Waals surface area contributed by atoms with Gasteiger partial charge in [0, 0.05) is 33.4 Å². The molecule has 0 spiro atoms. The third kappa shape index (κ3) is 7.54. The average molecular weight is 603 g/mol. The number of nitrogens with zero attached hydrogens (tertiary/aromatic N) is 3. The van der Waals surface area contributed by atoms with Crippen molar-refractivity contribution < 1.29 is 27.9 Å². The van der Waals surface area contributed by atoms with Crippen molar-refractivity contribution in [2.24, 2.45) is 0 Å². The highest BCUT2D eigenvalue weighted by Gasteiger charge is 2.28. The number of rotatable bonds is 9. The molecule has 210 valence electrons. The first-order valence-corrected chi connectivity index (χ1v) is 14.8. The number of halogens is 1. The van der Waals surface area contributed by atoms with Gasteiger partial charge in [-0.1, -0.05) is 23.7 Å². The molecule has 1 amide bonds. The van der Waals surface area contributed by atoms with E-state index in [1.165, 1.54) is 41.9 Å². The number of aliphatic carboxylic acids is 1. The summed E-state index contributed by atoms with van der Waals surface area (Å²) in [6.07, 6.45) is 2.03. The third-order valence-corrected chi connectivity index (χ3v) is 8.29. The van der Waals surface area contributed by atoms with E-state index in [0.29, 0.717) is 5.02 Å². The highest BCUT2D eigenvalue weighted by molar-refractivity contribution is 7.89. The zero-order chi connectivity index (χ0) is 29.1. The van der Waals surface area contributed by atoms with Crippen LogP contribution in [0.4, 0.5) is 10.6 Å². The van der Waals surface area contributed by atoms with Gasteiger partial charge in [0.25, 0.3) is 0 Å². The maximum Gasteiger partial charge on any atom is 0.416 e. The van der Waals surface area contributed by atoms with E-state index < -0.39 is 40.3 Å². The van der Waals surface area contributed by atoms with E-state index in [1.54, 1.807) is 39.0 Å². The molecule has 13 heteroatoms. The Bertz CT molecular complexity index is 1640. The lowest BCUT2D eigenvalue weighted by Crippen LogP contribution is -2.40. The minimum atomic E-state index is -4.03. The van der Waals surface area contributed by atoms with Crippen LogP contribution in [0.2, 0.25) is 5.02 Å². The predicted molar refractivity (Wildman–Crippen MR) is 153 cm³/mol. The molecule has 0 saturated carbocycles. The molecule has 3 aromatic heterocycles. The molecule has 40 heavy (non-hydrogen) atoms. The average Bonchev–Trinajstić information content (AvgIpc) is 3.27. The fourth-order valence-corrected chi connectivity index (χ4v) is 6.36. The van der Waals surface area contributed by atoms with Crippen molar-refractivity contribution in [1.82, 2.24) is 14.7 Å². The maximum absolute atomic E-state index is 13.3. The molecule has 0 aliphatic carbocycles. The number of carbonyl (C=O) groups is 2. The Balaban J connectivity index is 1.74. The number of carboxylic acids is 1. The fraction of sp³-hybridized carbons (Fsp3) is 0.259. The summed E-state index contributed by atoms with van der Waals surface area (Å²) >= 11 is 7.61. The molecule has 2 N–H and O–H groups in total. The molecular formula is C27H27ClN4O6S2. The van der Waals surface area contributed by atoms with Crippen LogP contribution in [-0.4, -0.2) is 47.7 Å². The number of ether oxygens (including phenoxy) is 1. The van der Waals surface area contributed by atoms with Crippen molar-refractivity contribution in [3.05, 3.63) is 82.6 Å². The van der Waals surface area contributed by atoms with Crippen LogP contribution in [0.15, 0.2) is 71.9 Å². The van der Waals surface area contributed by atoms with Crippen LogP contribution in [0.5, 0.6) is 0 Å². The maximum atomic E-state index is 13.3. The van der Waals surface area contributed by atoms with Crippen LogP contribution in [0, 0.1) is 0 Å². The zero-order valence-corrected chi connectivity index (χ0v) is 24.3. The summed E-state index contributed by atoms with van der Waals surface area (Å²) < 4.78 is 35.6. The summed E-state index contributed by atoms with van der Waals surface area (Å²) in [5.74, 6) is -1.27. The van der Waals surface area contributed by atoms with Crippen LogP contribution in [-0.2, 0) is 26.0 Å². The van der Waals surface area contributed by atoms with Gasteiger partial charge in [-0.15, -0.1) is 11.3 Å². The fourth-order valence-electron chi connectivity index (χ4n) is 3.81. The van der Waals surface area contributed by atoms with E-state index in [-0.39, 0.29) is 22.8 Å². The minimum absolute atomic E-state index is 0.00264. The Hall–Kier alpha value is -3.58. The van der Waals surface area contributed by atoms with Crippen molar-refractivity contribution in [2.75, 3.05) is 11.4 Å². The largest absolute Gasteiger partial charge is 0.480 e. The minimum Gasteiger partial charge on any atom is -0.480 e. The number of aromatic nitrogens is 2. The Morgan fingerprint density at radius 2 is 1.93 bits per heavy atom. The smallest absolute Gasteiger partial charge is 0.416 e. The van der Waals surface area contributed by atoms with Crippen molar-refractivity contribution >= 4 is 60.9 Å². The number of sulfonamides is 1. The molecule has 1 atom stereocenters. The second-order valence-corrected chi connectivity index (χ2v) is 13.2. The lowest BCUT2D eigenvalue weighted by atomic mass is 10.1. The first-order chi connectivity index (χ1) is 18.8. The summed E-state index contributed by atoms with van der Waals surface area (Å²) in [5, 5.41) is 11.0. The van der Waals surface area contributed by atoms with Gasteiger partial charge in [0.05, 0.1) is 11.7 Å². The van der Waals surface area contributed by atoms with Gasteiger partial charge >= 0.3 is 12.1 Å². The second-order valence-electron chi connectivity index (χ2n) is 9.84. The van der Waals surface area contributed by atoms with Gasteiger partial charge in [0.15, 0.2) is 0 Å². The van der Waals surface area contributed by atoms with Crippen molar-refractivity contribution in [3.63, 3.8) is 0 Å². The molecule has 0 fully saturated rings. The van der Waals surface area contributed by atoms with E-state index in [1.807, 2.05) is 18.2 Å². The van der Waals surface area contributed by atoms with Crippen LogP contribution in [0.25, 0.3) is 10.1 Å². The van der Waals surface area contributed by atoms with Gasteiger partial charge in [0.2, 0.25) is 10.0 Å². The monoisotopic (exact) mass is 602 g/mol. The number of amides is 1. The summed E-state index contributed by atoms with van der Waals surface area (Å²) in [6, 6.07) is 14.2.